The first-order chi connectivity index (χ1) is 17.8. The van der Waals surface area contributed by atoms with Gasteiger partial charge in [0.05, 0.1) is 31.4 Å². The Hall–Kier alpha value is -2.68. The van der Waals surface area contributed by atoms with E-state index in [9.17, 15) is 14.7 Å². The molecule has 0 aromatic heterocycles. The Balaban J connectivity index is 1.65. The number of hydrogen-bond donors (Lipinski definition) is 1. The Bertz CT molecular complexity index is 1160. The number of aliphatic hydroxyl groups excluding tert-OH is 1. The molecule has 2 heterocycles. The summed E-state index contributed by atoms with van der Waals surface area (Å²) in [7, 11) is 0. The number of morpholine rings is 1. The number of halogens is 1. The fraction of sp³-hybridized carbons (Fsp3) is 0.448. The lowest BCUT2D eigenvalue weighted by atomic mass is 9.94. The second kappa shape index (κ2) is 12.2. The van der Waals surface area contributed by atoms with E-state index in [0.29, 0.717) is 43.6 Å². The molecule has 2 aliphatic heterocycles. The van der Waals surface area contributed by atoms with Gasteiger partial charge in [-0.05, 0) is 60.7 Å². The number of carbonyl (C=O) groups is 2. The topological polar surface area (TPSA) is 79.3 Å². The first kappa shape index (κ1) is 27.4. The molecule has 7 nitrogen and oxygen atoms in total. The molecule has 0 bridgehead atoms. The van der Waals surface area contributed by atoms with E-state index in [1.165, 1.54) is 0 Å². The van der Waals surface area contributed by atoms with Gasteiger partial charge in [-0.3, -0.25) is 14.5 Å². The molecule has 0 saturated carbocycles. The number of ether oxygens (including phenoxy) is 2. The number of nitrogens with zero attached hydrogens (tertiary/aromatic N) is 2. The number of aryl methyl sites for hydroxylation is 1. The molecule has 2 fully saturated rings. The lowest BCUT2D eigenvalue weighted by molar-refractivity contribution is -0.140. The standard InChI is InChI=1S/C29H35BrN2O5/c1-19(2)18-37-23-9-10-24(20(3)17-23)27(33)25-26(21-5-7-22(30)8-6-21)32(29(35)28(25)34)12-4-11-31-13-15-36-16-14-31/h5-10,17,19,26,33H,4,11-16,18H2,1-3H3/b27-25+/t26-/m1/s1. The van der Waals surface area contributed by atoms with Crippen LogP contribution in [0.1, 0.15) is 43.0 Å². The predicted octanol–water partition coefficient (Wildman–Crippen LogP) is 4.94. The quantitative estimate of drug-likeness (QED) is 0.261. The summed E-state index contributed by atoms with van der Waals surface area (Å²) in [5.41, 5.74) is 2.19. The van der Waals surface area contributed by atoms with Crippen LogP contribution in [0, 0.1) is 12.8 Å². The van der Waals surface area contributed by atoms with Crippen LogP contribution in [0.15, 0.2) is 52.5 Å². The van der Waals surface area contributed by atoms with Gasteiger partial charge in [0.1, 0.15) is 11.5 Å². The number of amides is 1. The highest BCUT2D eigenvalue weighted by molar-refractivity contribution is 9.10. The molecule has 2 aromatic carbocycles. The molecule has 1 amide bonds. The fourth-order valence-corrected chi connectivity index (χ4v) is 5.06. The minimum absolute atomic E-state index is 0.123. The van der Waals surface area contributed by atoms with Crippen LogP contribution in [0.5, 0.6) is 5.75 Å². The SMILES string of the molecule is Cc1cc(OCC(C)C)ccc1/C(O)=C1\C(=O)C(=O)N(CCCN2CCOCC2)[C@@H]1c1ccc(Br)cc1. The minimum Gasteiger partial charge on any atom is -0.507 e. The largest absolute Gasteiger partial charge is 0.507 e. The van der Waals surface area contributed by atoms with Crippen LogP contribution in [0.25, 0.3) is 5.76 Å². The summed E-state index contributed by atoms with van der Waals surface area (Å²) in [6.07, 6.45) is 0.723. The number of rotatable bonds is 9. The molecule has 1 N–H and O–H groups in total. The van der Waals surface area contributed by atoms with Crippen molar-refractivity contribution in [2.24, 2.45) is 5.92 Å². The Morgan fingerprint density at radius 2 is 1.81 bits per heavy atom. The Morgan fingerprint density at radius 1 is 1.11 bits per heavy atom. The average Bonchev–Trinajstić information content (AvgIpc) is 3.13. The number of benzene rings is 2. The first-order valence-corrected chi connectivity index (χ1v) is 13.6. The van der Waals surface area contributed by atoms with E-state index in [-0.39, 0.29) is 11.3 Å². The first-order valence-electron chi connectivity index (χ1n) is 12.8. The zero-order valence-electron chi connectivity index (χ0n) is 21.7. The fourth-order valence-electron chi connectivity index (χ4n) is 4.79. The van der Waals surface area contributed by atoms with Gasteiger partial charge >= 0.3 is 0 Å². The molecule has 4 rings (SSSR count). The van der Waals surface area contributed by atoms with E-state index in [1.54, 1.807) is 17.0 Å². The number of aliphatic hydroxyl groups is 1. The van der Waals surface area contributed by atoms with E-state index in [0.717, 1.165) is 41.7 Å². The van der Waals surface area contributed by atoms with Crippen molar-refractivity contribution < 1.29 is 24.2 Å². The molecule has 2 saturated heterocycles. The van der Waals surface area contributed by atoms with Gasteiger partial charge in [-0.25, -0.2) is 0 Å². The smallest absolute Gasteiger partial charge is 0.295 e. The third-order valence-corrected chi connectivity index (χ3v) is 7.27. The molecular weight excluding hydrogens is 536 g/mol. The molecular formula is C29H35BrN2O5. The normalized spacial score (nSPS) is 20.1. The third kappa shape index (κ3) is 6.43. The van der Waals surface area contributed by atoms with Gasteiger partial charge in [0.2, 0.25) is 0 Å². The van der Waals surface area contributed by atoms with E-state index in [4.69, 9.17) is 9.47 Å². The molecule has 0 radical (unpaired) electrons. The minimum atomic E-state index is -0.658. The molecule has 1 atom stereocenters. The van der Waals surface area contributed by atoms with E-state index in [1.807, 2.05) is 37.3 Å². The second-order valence-electron chi connectivity index (χ2n) is 10.0. The lowest BCUT2D eigenvalue weighted by Gasteiger charge is -2.29. The predicted molar refractivity (Wildman–Crippen MR) is 147 cm³/mol. The van der Waals surface area contributed by atoms with Crippen LogP contribution in [-0.2, 0) is 14.3 Å². The summed E-state index contributed by atoms with van der Waals surface area (Å²) in [4.78, 5) is 30.5. The maximum atomic E-state index is 13.3. The lowest BCUT2D eigenvalue weighted by Crippen LogP contribution is -2.38. The molecule has 0 spiro atoms. The highest BCUT2D eigenvalue weighted by Crippen LogP contribution is 2.40. The third-order valence-electron chi connectivity index (χ3n) is 6.74. The van der Waals surface area contributed by atoms with Crippen LogP contribution < -0.4 is 4.74 Å². The van der Waals surface area contributed by atoms with Crippen LogP contribution in [0.2, 0.25) is 0 Å². The maximum Gasteiger partial charge on any atom is 0.295 e. The van der Waals surface area contributed by atoms with Crippen molar-refractivity contribution in [3.05, 3.63) is 69.2 Å². The van der Waals surface area contributed by atoms with E-state index < -0.39 is 17.7 Å². The number of likely N-dealkylation sites (tertiary alicyclic amines) is 1. The van der Waals surface area contributed by atoms with Gasteiger partial charge in [0, 0.05) is 36.2 Å². The summed E-state index contributed by atoms with van der Waals surface area (Å²) < 4.78 is 12.1. The number of Topliss-reactive ketones (excluding diaryl/α,β-unsaturated/α-hetero) is 1. The highest BCUT2D eigenvalue weighted by atomic mass is 79.9. The monoisotopic (exact) mass is 570 g/mol. The van der Waals surface area contributed by atoms with Crippen molar-refractivity contribution in [2.45, 2.75) is 33.2 Å². The summed E-state index contributed by atoms with van der Waals surface area (Å²) in [5, 5.41) is 11.4. The van der Waals surface area contributed by atoms with Crippen molar-refractivity contribution in [2.75, 3.05) is 46.0 Å². The van der Waals surface area contributed by atoms with Gasteiger partial charge in [-0.1, -0.05) is 41.9 Å². The zero-order chi connectivity index (χ0) is 26.5. The summed E-state index contributed by atoms with van der Waals surface area (Å²) >= 11 is 3.46. The van der Waals surface area contributed by atoms with Crippen LogP contribution >= 0.6 is 15.9 Å². The second-order valence-corrected chi connectivity index (χ2v) is 10.9. The highest BCUT2D eigenvalue weighted by Gasteiger charge is 2.46. The van der Waals surface area contributed by atoms with Crippen molar-refractivity contribution in [1.82, 2.24) is 9.80 Å². The molecule has 2 aliphatic rings. The van der Waals surface area contributed by atoms with Crippen molar-refractivity contribution in [3.63, 3.8) is 0 Å². The Kier molecular flexibility index (Phi) is 9.05. The average molecular weight is 572 g/mol. The Morgan fingerprint density at radius 3 is 2.46 bits per heavy atom. The molecule has 2 aromatic rings. The summed E-state index contributed by atoms with van der Waals surface area (Å²) in [6.45, 7) is 11.0. The summed E-state index contributed by atoms with van der Waals surface area (Å²) in [5.74, 6) is -0.300. The number of hydrogen-bond acceptors (Lipinski definition) is 6. The number of ketones is 1. The van der Waals surface area contributed by atoms with Crippen LogP contribution in [0.3, 0.4) is 0 Å². The van der Waals surface area contributed by atoms with E-state index >= 15 is 0 Å². The Labute approximate surface area is 227 Å². The van der Waals surface area contributed by atoms with Gasteiger partial charge in [-0.2, -0.15) is 0 Å². The van der Waals surface area contributed by atoms with Crippen LogP contribution in [0.4, 0.5) is 0 Å². The molecule has 37 heavy (non-hydrogen) atoms. The zero-order valence-corrected chi connectivity index (χ0v) is 23.3. The van der Waals surface area contributed by atoms with E-state index in [2.05, 4.69) is 34.7 Å². The van der Waals surface area contributed by atoms with Crippen LogP contribution in [-0.4, -0.2) is 72.6 Å². The molecule has 0 unspecified atom stereocenters. The van der Waals surface area contributed by atoms with Crippen molar-refractivity contribution in [3.8, 4) is 5.75 Å². The molecule has 0 aliphatic carbocycles. The van der Waals surface area contributed by atoms with Gasteiger partial charge in [-0.15, -0.1) is 0 Å². The molecule has 8 heteroatoms. The number of carbonyl (C=O) groups excluding carboxylic acids is 2. The molecule has 198 valence electrons. The van der Waals surface area contributed by atoms with Gasteiger partial charge < -0.3 is 19.5 Å². The van der Waals surface area contributed by atoms with Crippen molar-refractivity contribution in [1.29, 1.82) is 0 Å². The van der Waals surface area contributed by atoms with Crippen molar-refractivity contribution >= 4 is 33.4 Å². The summed E-state index contributed by atoms with van der Waals surface area (Å²) in [6, 6.07) is 12.3. The van der Waals surface area contributed by atoms with Gasteiger partial charge in [0.15, 0.2) is 0 Å². The van der Waals surface area contributed by atoms with Gasteiger partial charge in [0.25, 0.3) is 11.7 Å². The maximum absolute atomic E-state index is 13.3.